The first-order chi connectivity index (χ1) is 9.72. The highest BCUT2D eigenvalue weighted by atomic mass is 16.6. The summed E-state index contributed by atoms with van der Waals surface area (Å²) in [6.07, 6.45) is 2.28. The number of cyclic esters (lactones) is 1. The number of benzene rings is 1. The number of aliphatic hydroxyl groups is 1. The number of rotatable bonds is 7. The van der Waals surface area contributed by atoms with Gasteiger partial charge in [-0.15, -0.1) is 0 Å². The van der Waals surface area contributed by atoms with Gasteiger partial charge in [-0.1, -0.05) is 43.1 Å². The van der Waals surface area contributed by atoms with Gasteiger partial charge in [0.25, 0.3) is 0 Å². The molecule has 1 aromatic carbocycles. The van der Waals surface area contributed by atoms with Crippen LogP contribution in [0.3, 0.4) is 0 Å². The lowest BCUT2D eigenvalue weighted by Crippen LogP contribution is -2.43. The SMILES string of the molecule is [B]CCCCC(O)N1C(=O)OC[C@@H]1Cc1ccccc1. The van der Waals surface area contributed by atoms with Crippen LogP contribution in [0.4, 0.5) is 4.79 Å². The zero-order valence-electron chi connectivity index (χ0n) is 11.6. The first-order valence-electron chi connectivity index (χ1n) is 7.09. The predicted octanol–water partition coefficient (Wildman–Crippen LogP) is 2.13. The molecule has 0 spiro atoms. The second-order valence-corrected chi connectivity index (χ2v) is 5.09. The van der Waals surface area contributed by atoms with Crippen molar-refractivity contribution in [1.29, 1.82) is 0 Å². The average Bonchev–Trinajstić information content (AvgIpc) is 2.81. The van der Waals surface area contributed by atoms with E-state index in [9.17, 15) is 9.90 Å². The third-order valence-corrected chi connectivity index (χ3v) is 3.56. The summed E-state index contributed by atoms with van der Waals surface area (Å²) in [4.78, 5) is 13.2. The van der Waals surface area contributed by atoms with Crippen LogP contribution in [-0.2, 0) is 11.2 Å². The van der Waals surface area contributed by atoms with Crippen molar-refractivity contribution in [2.45, 2.75) is 44.3 Å². The fraction of sp³-hybridized carbons (Fsp3) is 0.533. The molecule has 1 aliphatic rings. The van der Waals surface area contributed by atoms with E-state index in [0.29, 0.717) is 25.8 Å². The van der Waals surface area contributed by atoms with Gasteiger partial charge in [0, 0.05) is 0 Å². The summed E-state index contributed by atoms with van der Waals surface area (Å²) in [5.74, 6) is 0. The van der Waals surface area contributed by atoms with Crippen LogP contribution < -0.4 is 0 Å². The van der Waals surface area contributed by atoms with E-state index < -0.39 is 12.3 Å². The van der Waals surface area contributed by atoms with Crippen molar-refractivity contribution in [2.24, 2.45) is 0 Å². The minimum absolute atomic E-state index is 0.0993. The fourth-order valence-electron chi connectivity index (χ4n) is 2.49. The van der Waals surface area contributed by atoms with Crippen LogP contribution >= 0.6 is 0 Å². The van der Waals surface area contributed by atoms with Crippen molar-refractivity contribution in [3.8, 4) is 0 Å². The van der Waals surface area contributed by atoms with Gasteiger partial charge in [-0.25, -0.2) is 4.79 Å². The molecule has 1 fully saturated rings. The molecule has 2 radical (unpaired) electrons. The Hall–Kier alpha value is -1.49. The van der Waals surface area contributed by atoms with Crippen LogP contribution in [0, 0.1) is 0 Å². The Bertz CT molecular complexity index is 426. The molecule has 20 heavy (non-hydrogen) atoms. The van der Waals surface area contributed by atoms with Crippen molar-refractivity contribution in [1.82, 2.24) is 4.90 Å². The molecule has 106 valence electrons. The van der Waals surface area contributed by atoms with E-state index in [1.165, 1.54) is 4.90 Å². The van der Waals surface area contributed by atoms with E-state index in [0.717, 1.165) is 18.4 Å². The maximum atomic E-state index is 11.8. The number of carbonyl (C=O) groups is 1. The molecular formula is C15H20BNO3. The Morgan fingerprint density at radius 2 is 2.10 bits per heavy atom. The second kappa shape index (κ2) is 7.34. The van der Waals surface area contributed by atoms with E-state index in [-0.39, 0.29) is 6.04 Å². The highest BCUT2D eigenvalue weighted by molar-refractivity contribution is 6.08. The topological polar surface area (TPSA) is 49.8 Å². The molecule has 0 saturated carbocycles. The van der Waals surface area contributed by atoms with Crippen molar-refractivity contribution < 1.29 is 14.6 Å². The van der Waals surface area contributed by atoms with Crippen LogP contribution in [0.1, 0.15) is 24.8 Å². The summed E-state index contributed by atoms with van der Waals surface area (Å²) >= 11 is 0. The monoisotopic (exact) mass is 273 g/mol. The van der Waals surface area contributed by atoms with Gasteiger partial charge in [0.2, 0.25) is 0 Å². The molecular weight excluding hydrogens is 253 g/mol. The number of hydrogen-bond acceptors (Lipinski definition) is 3. The molecule has 1 heterocycles. The molecule has 1 amide bonds. The van der Waals surface area contributed by atoms with Gasteiger partial charge < -0.3 is 9.84 Å². The third kappa shape index (κ3) is 3.76. The van der Waals surface area contributed by atoms with Crippen LogP contribution in [0.2, 0.25) is 6.32 Å². The number of unbranched alkanes of at least 4 members (excludes halogenated alkanes) is 1. The normalized spacial score (nSPS) is 19.9. The van der Waals surface area contributed by atoms with Crippen molar-refractivity contribution in [2.75, 3.05) is 6.61 Å². The average molecular weight is 273 g/mol. The van der Waals surface area contributed by atoms with Gasteiger partial charge in [-0.05, 0) is 24.8 Å². The summed E-state index contributed by atoms with van der Waals surface area (Å²) in [6.45, 7) is 0.335. The third-order valence-electron chi connectivity index (χ3n) is 3.56. The lowest BCUT2D eigenvalue weighted by Gasteiger charge is -2.26. The van der Waals surface area contributed by atoms with Crippen molar-refractivity contribution in [3.05, 3.63) is 35.9 Å². The number of ether oxygens (including phenoxy) is 1. The zero-order valence-corrected chi connectivity index (χ0v) is 11.6. The van der Waals surface area contributed by atoms with E-state index >= 15 is 0 Å². The van der Waals surface area contributed by atoms with Gasteiger partial charge in [0.15, 0.2) is 0 Å². The molecule has 1 saturated heterocycles. The number of nitrogens with zero attached hydrogens (tertiary/aromatic N) is 1. The zero-order chi connectivity index (χ0) is 14.4. The van der Waals surface area contributed by atoms with Gasteiger partial charge in [-0.2, -0.15) is 0 Å². The highest BCUT2D eigenvalue weighted by Crippen LogP contribution is 2.21. The summed E-state index contributed by atoms with van der Waals surface area (Å²) in [6, 6.07) is 9.82. The molecule has 0 bridgehead atoms. The molecule has 4 nitrogen and oxygen atoms in total. The largest absolute Gasteiger partial charge is 0.447 e. The molecule has 1 aliphatic heterocycles. The van der Waals surface area contributed by atoms with E-state index in [2.05, 4.69) is 0 Å². The number of amides is 1. The summed E-state index contributed by atoms with van der Waals surface area (Å²) < 4.78 is 5.08. The molecule has 0 aromatic heterocycles. The van der Waals surface area contributed by atoms with E-state index in [1.807, 2.05) is 30.3 Å². The predicted molar refractivity (Wildman–Crippen MR) is 77.5 cm³/mol. The van der Waals surface area contributed by atoms with Gasteiger partial charge in [0.1, 0.15) is 12.8 Å². The molecule has 1 unspecified atom stereocenters. The molecule has 1 N–H and O–H groups in total. The van der Waals surface area contributed by atoms with Gasteiger partial charge in [-0.3, -0.25) is 4.90 Å². The number of aliphatic hydroxyl groups excluding tert-OH is 1. The van der Waals surface area contributed by atoms with Crippen molar-refractivity contribution >= 4 is 13.9 Å². The smallest absolute Gasteiger partial charge is 0.412 e. The minimum Gasteiger partial charge on any atom is -0.447 e. The van der Waals surface area contributed by atoms with Gasteiger partial charge >= 0.3 is 6.09 Å². The first-order valence-corrected chi connectivity index (χ1v) is 7.09. The lowest BCUT2D eigenvalue weighted by molar-refractivity contribution is 0.0121. The summed E-state index contributed by atoms with van der Waals surface area (Å²) in [5, 5.41) is 10.2. The lowest BCUT2D eigenvalue weighted by atomic mass is 9.99. The minimum atomic E-state index is -0.787. The van der Waals surface area contributed by atoms with Crippen LogP contribution in [0.25, 0.3) is 0 Å². The maximum absolute atomic E-state index is 11.8. The van der Waals surface area contributed by atoms with Crippen molar-refractivity contribution in [3.63, 3.8) is 0 Å². The summed E-state index contributed by atoms with van der Waals surface area (Å²) in [7, 11) is 5.44. The highest BCUT2D eigenvalue weighted by Gasteiger charge is 2.37. The number of hydrogen-bond donors (Lipinski definition) is 1. The molecule has 2 rings (SSSR count). The molecule has 2 atom stereocenters. The van der Waals surface area contributed by atoms with Crippen LogP contribution in [-0.4, -0.2) is 42.8 Å². The van der Waals surface area contributed by atoms with Crippen LogP contribution in [0.5, 0.6) is 0 Å². The fourth-order valence-corrected chi connectivity index (χ4v) is 2.49. The number of carbonyl (C=O) groups excluding carboxylic acids is 1. The molecule has 0 aliphatic carbocycles. The Labute approximate surface area is 121 Å². The Morgan fingerprint density at radius 3 is 2.80 bits per heavy atom. The van der Waals surface area contributed by atoms with E-state index in [4.69, 9.17) is 12.6 Å². The second-order valence-electron chi connectivity index (χ2n) is 5.09. The Balaban J connectivity index is 1.95. The van der Waals surface area contributed by atoms with E-state index in [1.54, 1.807) is 0 Å². The Kier molecular flexibility index (Phi) is 5.47. The Morgan fingerprint density at radius 1 is 1.35 bits per heavy atom. The first kappa shape index (κ1) is 14.9. The quantitative estimate of drug-likeness (QED) is 0.611. The molecule has 1 aromatic rings. The summed E-state index contributed by atoms with van der Waals surface area (Å²) in [5.41, 5.74) is 1.13. The maximum Gasteiger partial charge on any atom is 0.412 e. The molecule has 5 heteroatoms. The van der Waals surface area contributed by atoms with Crippen LogP contribution in [0.15, 0.2) is 30.3 Å². The van der Waals surface area contributed by atoms with Gasteiger partial charge in [0.05, 0.1) is 13.9 Å². The standard InChI is InChI=1S/C15H20BNO3/c16-9-5-4-8-14(18)17-13(11-20-15(17)19)10-12-6-2-1-3-7-12/h1-3,6-7,13-14,18H,4-5,8-11H2/t13-,14?/m0/s1.